The molecule has 24 heavy (non-hydrogen) atoms. The number of anilines is 1. The third-order valence-corrected chi connectivity index (χ3v) is 4.32. The highest BCUT2D eigenvalue weighted by molar-refractivity contribution is 5.27. The van der Waals surface area contributed by atoms with E-state index in [1.165, 1.54) is 5.56 Å². The molecule has 1 fully saturated rings. The Bertz CT molecular complexity index is 705. The second-order valence-electron chi connectivity index (χ2n) is 6.73. The Balaban J connectivity index is 1.62. The van der Waals surface area contributed by atoms with Crippen molar-refractivity contribution >= 4 is 5.95 Å². The molecule has 2 aromatic rings. The third kappa shape index (κ3) is 4.41. The second-order valence-corrected chi connectivity index (χ2v) is 6.73. The van der Waals surface area contributed by atoms with Gasteiger partial charge in [-0.3, -0.25) is 19.7 Å². The Morgan fingerprint density at radius 1 is 1.38 bits per heavy atom. The predicted molar refractivity (Wildman–Crippen MR) is 95.1 cm³/mol. The maximum Gasteiger partial charge on any atom is 0.252 e. The number of hydrogen-bond acceptors (Lipinski definition) is 5. The van der Waals surface area contributed by atoms with E-state index >= 15 is 0 Å². The van der Waals surface area contributed by atoms with Crippen LogP contribution in [0.1, 0.15) is 43.9 Å². The van der Waals surface area contributed by atoms with Gasteiger partial charge < -0.3 is 5.32 Å². The Morgan fingerprint density at radius 3 is 2.83 bits per heavy atom. The molecule has 0 radical (unpaired) electrons. The Morgan fingerprint density at radius 2 is 2.17 bits per heavy atom. The predicted octanol–water partition coefficient (Wildman–Crippen LogP) is 2.36. The van der Waals surface area contributed by atoms with E-state index in [0.717, 1.165) is 38.2 Å². The number of aromatic amines is 1. The van der Waals surface area contributed by atoms with Crippen molar-refractivity contribution in [2.24, 2.45) is 0 Å². The van der Waals surface area contributed by atoms with Crippen molar-refractivity contribution in [1.82, 2.24) is 19.9 Å². The zero-order valence-electron chi connectivity index (χ0n) is 14.3. The molecule has 0 aliphatic carbocycles. The lowest BCUT2D eigenvalue weighted by molar-refractivity contribution is 0.203. The summed E-state index contributed by atoms with van der Waals surface area (Å²) in [7, 11) is 0. The summed E-state index contributed by atoms with van der Waals surface area (Å²) in [6, 6.07) is 5.98. The first kappa shape index (κ1) is 16.6. The highest BCUT2D eigenvalue weighted by Crippen LogP contribution is 2.27. The van der Waals surface area contributed by atoms with Gasteiger partial charge in [0.05, 0.1) is 5.69 Å². The molecule has 1 aliphatic heterocycles. The summed E-state index contributed by atoms with van der Waals surface area (Å²) in [5.74, 6) is 0.926. The molecule has 1 saturated heterocycles. The number of hydrogen-bond donors (Lipinski definition) is 2. The van der Waals surface area contributed by atoms with Crippen LogP contribution in [-0.2, 0) is 6.54 Å². The van der Waals surface area contributed by atoms with E-state index in [2.05, 4.69) is 31.2 Å². The highest BCUT2D eigenvalue weighted by Gasteiger charge is 2.22. The average molecular weight is 327 g/mol. The van der Waals surface area contributed by atoms with Gasteiger partial charge >= 0.3 is 0 Å². The maximum atomic E-state index is 11.9. The number of nitrogens with one attached hydrogen (secondary N) is 2. The van der Waals surface area contributed by atoms with Crippen molar-refractivity contribution in [2.45, 2.75) is 45.2 Å². The van der Waals surface area contributed by atoms with Gasteiger partial charge in [-0.2, -0.15) is 0 Å². The van der Waals surface area contributed by atoms with Crippen LogP contribution in [0, 0.1) is 0 Å². The van der Waals surface area contributed by atoms with E-state index in [1.807, 2.05) is 26.1 Å². The molecule has 0 saturated carbocycles. The number of likely N-dealkylation sites (tertiary alicyclic amines) is 1. The quantitative estimate of drug-likeness (QED) is 0.882. The van der Waals surface area contributed by atoms with Crippen molar-refractivity contribution in [1.29, 1.82) is 0 Å². The molecule has 0 atom stereocenters. The van der Waals surface area contributed by atoms with Gasteiger partial charge in [0.25, 0.3) is 5.56 Å². The minimum atomic E-state index is -0.0825. The van der Waals surface area contributed by atoms with E-state index in [-0.39, 0.29) is 11.6 Å². The number of rotatable bonds is 5. The van der Waals surface area contributed by atoms with Crippen molar-refractivity contribution in [3.8, 4) is 0 Å². The normalized spacial score (nSPS) is 16.5. The summed E-state index contributed by atoms with van der Waals surface area (Å²) in [6.45, 7) is 7.03. The summed E-state index contributed by atoms with van der Waals surface area (Å²) < 4.78 is 0. The van der Waals surface area contributed by atoms with Crippen LogP contribution in [0.4, 0.5) is 5.95 Å². The fourth-order valence-corrected chi connectivity index (χ4v) is 3.16. The molecule has 1 aliphatic rings. The molecule has 0 amide bonds. The standard InChI is InChI=1S/C18H25N5O/c1-13(2)20-18-21-16(10-17(24)22-18)15-5-8-23(9-6-15)12-14-4-3-7-19-11-14/h3-4,7,10-11,13,15H,5-6,8-9,12H2,1-2H3,(H2,20,21,22,24). The summed E-state index contributed by atoms with van der Waals surface area (Å²) in [5.41, 5.74) is 2.07. The molecule has 2 N–H and O–H groups in total. The van der Waals surface area contributed by atoms with Gasteiger partial charge in [-0.25, -0.2) is 4.98 Å². The molecule has 3 rings (SSSR count). The van der Waals surface area contributed by atoms with Crippen LogP contribution in [0.15, 0.2) is 35.4 Å². The summed E-state index contributed by atoms with van der Waals surface area (Å²) >= 11 is 0. The van der Waals surface area contributed by atoms with Gasteiger partial charge in [0.2, 0.25) is 5.95 Å². The molecule has 0 spiro atoms. The number of H-pyrrole nitrogens is 1. The van der Waals surface area contributed by atoms with Crippen molar-refractivity contribution in [3.63, 3.8) is 0 Å². The van der Waals surface area contributed by atoms with Crippen LogP contribution in [0.2, 0.25) is 0 Å². The minimum absolute atomic E-state index is 0.0825. The summed E-state index contributed by atoms with van der Waals surface area (Å²) in [5, 5.41) is 3.18. The molecular formula is C18H25N5O. The van der Waals surface area contributed by atoms with Gasteiger partial charge in [-0.05, 0) is 51.4 Å². The topological polar surface area (TPSA) is 73.9 Å². The third-order valence-electron chi connectivity index (χ3n) is 4.32. The van der Waals surface area contributed by atoms with Crippen LogP contribution < -0.4 is 10.9 Å². The lowest BCUT2D eigenvalue weighted by atomic mass is 9.93. The van der Waals surface area contributed by atoms with E-state index in [9.17, 15) is 4.79 Å². The van der Waals surface area contributed by atoms with Crippen LogP contribution >= 0.6 is 0 Å². The first-order valence-corrected chi connectivity index (χ1v) is 8.59. The Labute approximate surface area is 142 Å². The molecule has 6 heteroatoms. The molecule has 0 aromatic carbocycles. The van der Waals surface area contributed by atoms with Gasteiger partial charge in [0.1, 0.15) is 0 Å². The SMILES string of the molecule is CC(C)Nc1nc(C2CCN(Cc3cccnc3)CC2)cc(=O)[nH]1. The Hall–Kier alpha value is -2.21. The average Bonchev–Trinajstić information content (AvgIpc) is 2.55. The first-order chi connectivity index (χ1) is 11.6. The minimum Gasteiger partial charge on any atom is -0.354 e. The summed E-state index contributed by atoms with van der Waals surface area (Å²) in [6.07, 6.45) is 5.78. The van der Waals surface area contributed by atoms with Gasteiger partial charge in [0, 0.05) is 37.0 Å². The van der Waals surface area contributed by atoms with Gasteiger partial charge in [0.15, 0.2) is 0 Å². The molecule has 2 aromatic heterocycles. The molecule has 0 bridgehead atoms. The van der Waals surface area contributed by atoms with Crippen molar-refractivity contribution < 1.29 is 0 Å². The van der Waals surface area contributed by atoms with Gasteiger partial charge in [-0.1, -0.05) is 6.07 Å². The largest absolute Gasteiger partial charge is 0.354 e. The van der Waals surface area contributed by atoms with Crippen LogP contribution in [0.25, 0.3) is 0 Å². The van der Waals surface area contributed by atoms with Crippen molar-refractivity contribution in [3.05, 3.63) is 52.2 Å². The van der Waals surface area contributed by atoms with Crippen LogP contribution in [-0.4, -0.2) is 39.0 Å². The first-order valence-electron chi connectivity index (χ1n) is 8.59. The molecule has 6 nitrogen and oxygen atoms in total. The molecular weight excluding hydrogens is 302 g/mol. The smallest absolute Gasteiger partial charge is 0.252 e. The highest BCUT2D eigenvalue weighted by atomic mass is 16.1. The van der Waals surface area contributed by atoms with E-state index < -0.39 is 0 Å². The van der Waals surface area contributed by atoms with E-state index in [4.69, 9.17) is 0 Å². The lowest BCUT2D eigenvalue weighted by Gasteiger charge is -2.31. The zero-order chi connectivity index (χ0) is 16.9. The fraction of sp³-hybridized carbons (Fsp3) is 0.500. The van der Waals surface area contributed by atoms with Crippen LogP contribution in [0.5, 0.6) is 0 Å². The lowest BCUT2D eigenvalue weighted by Crippen LogP contribution is -2.33. The summed E-state index contributed by atoms with van der Waals surface area (Å²) in [4.78, 5) is 25.9. The number of aromatic nitrogens is 3. The molecule has 3 heterocycles. The van der Waals surface area contributed by atoms with E-state index in [1.54, 1.807) is 12.3 Å². The van der Waals surface area contributed by atoms with Crippen molar-refractivity contribution in [2.75, 3.05) is 18.4 Å². The number of pyridine rings is 1. The second kappa shape index (κ2) is 7.57. The van der Waals surface area contributed by atoms with Gasteiger partial charge in [-0.15, -0.1) is 0 Å². The fourth-order valence-electron chi connectivity index (χ4n) is 3.16. The monoisotopic (exact) mass is 327 g/mol. The maximum absolute atomic E-state index is 11.9. The molecule has 0 unspecified atom stereocenters. The van der Waals surface area contributed by atoms with E-state index in [0.29, 0.717) is 11.9 Å². The van der Waals surface area contributed by atoms with Crippen LogP contribution in [0.3, 0.4) is 0 Å². The number of piperidine rings is 1. The zero-order valence-corrected chi connectivity index (χ0v) is 14.3. The number of nitrogens with zero attached hydrogens (tertiary/aromatic N) is 3. The Kier molecular flexibility index (Phi) is 5.25. The molecule has 128 valence electrons.